The normalized spacial score (nSPS) is 14.9. The Kier molecular flexibility index (Phi) is 5.05. The average Bonchev–Trinajstić information content (AvgIpc) is 2.72. The average molecular weight is 387 g/mol. The maximum absolute atomic E-state index is 13.4. The Hall–Kier alpha value is -3.21. The second-order valence-corrected chi connectivity index (χ2v) is 7.86. The zero-order chi connectivity index (χ0) is 20.5. The molecule has 1 aromatic heterocycles. The molecule has 2 N–H and O–H groups in total. The number of nitrogens with two attached hydrogens (primary N) is 1. The summed E-state index contributed by atoms with van der Waals surface area (Å²) in [6.07, 6.45) is 1.24. The summed E-state index contributed by atoms with van der Waals surface area (Å²) in [6.45, 7) is 5.22. The summed E-state index contributed by atoms with van der Waals surface area (Å²) in [6, 6.07) is 15.9. The van der Waals surface area contributed by atoms with Crippen LogP contribution in [0.3, 0.4) is 0 Å². The van der Waals surface area contributed by atoms with Crippen molar-refractivity contribution in [3.8, 4) is 11.3 Å². The van der Waals surface area contributed by atoms with Crippen LogP contribution in [0.2, 0.25) is 0 Å². The van der Waals surface area contributed by atoms with Crippen LogP contribution in [0.5, 0.6) is 0 Å². The van der Waals surface area contributed by atoms with Crippen molar-refractivity contribution in [1.29, 1.82) is 0 Å². The van der Waals surface area contributed by atoms with Gasteiger partial charge in [-0.05, 0) is 44.4 Å². The van der Waals surface area contributed by atoms with Gasteiger partial charge >= 0.3 is 0 Å². The summed E-state index contributed by atoms with van der Waals surface area (Å²) in [5.74, 6) is -0.430. The number of likely N-dealkylation sites (tertiary alicyclic amines) is 1. The van der Waals surface area contributed by atoms with Gasteiger partial charge in [0, 0.05) is 30.0 Å². The Bertz CT molecular complexity index is 1100. The molecule has 3 aromatic rings. The van der Waals surface area contributed by atoms with Crippen molar-refractivity contribution in [2.24, 2.45) is 11.7 Å². The number of amides is 2. The van der Waals surface area contributed by atoms with Crippen molar-refractivity contribution in [3.63, 3.8) is 0 Å². The largest absolute Gasteiger partial charge is 0.369 e. The minimum Gasteiger partial charge on any atom is -0.369 e. The maximum atomic E-state index is 13.4. The lowest BCUT2D eigenvalue weighted by Crippen LogP contribution is -2.41. The predicted octanol–water partition coefficient (Wildman–Crippen LogP) is 3.86. The van der Waals surface area contributed by atoms with Crippen LogP contribution in [0, 0.1) is 19.8 Å². The van der Waals surface area contributed by atoms with Crippen LogP contribution in [0.15, 0.2) is 48.5 Å². The Morgan fingerprint density at radius 3 is 2.45 bits per heavy atom. The van der Waals surface area contributed by atoms with E-state index in [0.717, 1.165) is 27.7 Å². The number of hydrogen-bond donors (Lipinski definition) is 1. The van der Waals surface area contributed by atoms with Gasteiger partial charge in [0.2, 0.25) is 5.91 Å². The van der Waals surface area contributed by atoms with Gasteiger partial charge in [-0.25, -0.2) is 4.98 Å². The number of aryl methyl sites for hydroxylation is 2. The Morgan fingerprint density at radius 1 is 1.03 bits per heavy atom. The van der Waals surface area contributed by atoms with Gasteiger partial charge in [-0.15, -0.1) is 0 Å². The molecule has 0 saturated carbocycles. The molecule has 5 nitrogen and oxygen atoms in total. The Labute approximate surface area is 170 Å². The molecule has 1 aliphatic rings. The van der Waals surface area contributed by atoms with E-state index in [4.69, 9.17) is 10.7 Å². The van der Waals surface area contributed by atoms with Gasteiger partial charge in [-0.2, -0.15) is 0 Å². The van der Waals surface area contributed by atoms with E-state index in [-0.39, 0.29) is 17.7 Å². The summed E-state index contributed by atoms with van der Waals surface area (Å²) in [5.41, 5.74) is 11.1. The van der Waals surface area contributed by atoms with Crippen LogP contribution in [0.1, 0.15) is 34.3 Å². The number of piperidine rings is 1. The third-order valence-corrected chi connectivity index (χ3v) is 5.79. The van der Waals surface area contributed by atoms with Gasteiger partial charge in [-0.3, -0.25) is 9.59 Å². The number of benzene rings is 2. The molecule has 2 aromatic carbocycles. The molecular formula is C24H25N3O2. The van der Waals surface area contributed by atoms with E-state index < -0.39 is 0 Å². The number of hydrogen-bond acceptors (Lipinski definition) is 3. The number of carbonyl (C=O) groups excluding carboxylic acids is 2. The molecule has 1 aliphatic heterocycles. The molecule has 29 heavy (non-hydrogen) atoms. The van der Waals surface area contributed by atoms with E-state index >= 15 is 0 Å². The van der Waals surface area contributed by atoms with Crippen molar-refractivity contribution < 1.29 is 9.59 Å². The molecule has 0 radical (unpaired) electrons. The van der Waals surface area contributed by atoms with Gasteiger partial charge in [0.15, 0.2) is 0 Å². The molecule has 0 aliphatic carbocycles. The Balaban J connectivity index is 1.75. The van der Waals surface area contributed by atoms with Crippen LogP contribution in [0.25, 0.3) is 22.2 Å². The fourth-order valence-electron chi connectivity index (χ4n) is 4.13. The van der Waals surface area contributed by atoms with Gasteiger partial charge in [0.25, 0.3) is 5.91 Å². The predicted molar refractivity (Wildman–Crippen MR) is 114 cm³/mol. The van der Waals surface area contributed by atoms with Crippen LogP contribution in [-0.4, -0.2) is 34.8 Å². The molecule has 4 rings (SSSR count). The number of aromatic nitrogens is 1. The first-order valence-corrected chi connectivity index (χ1v) is 10.00. The molecule has 0 atom stereocenters. The number of para-hydroxylation sites is 1. The lowest BCUT2D eigenvalue weighted by atomic mass is 9.95. The highest BCUT2D eigenvalue weighted by Gasteiger charge is 2.27. The molecule has 0 bridgehead atoms. The molecule has 0 spiro atoms. The topological polar surface area (TPSA) is 76.3 Å². The number of primary amides is 1. The third-order valence-electron chi connectivity index (χ3n) is 5.79. The van der Waals surface area contributed by atoms with Gasteiger partial charge in [0.05, 0.1) is 16.8 Å². The standard InChI is InChI=1S/C24H25N3O2/c1-15-7-8-18(16(2)13-15)22-14-20(19-5-3-4-6-21(19)26-22)24(29)27-11-9-17(10-12-27)23(25)28/h3-8,13-14,17H,9-12H2,1-2H3,(H2,25,28). The molecule has 5 heteroatoms. The summed E-state index contributed by atoms with van der Waals surface area (Å²) >= 11 is 0. The maximum Gasteiger partial charge on any atom is 0.254 e. The molecule has 1 saturated heterocycles. The van der Waals surface area contributed by atoms with E-state index in [9.17, 15) is 9.59 Å². The van der Waals surface area contributed by atoms with Gasteiger partial charge in [0.1, 0.15) is 0 Å². The van der Waals surface area contributed by atoms with Crippen molar-refractivity contribution in [3.05, 3.63) is 65.2 Å². The van der Waals surface area contributed by atoms with Crippen molar-refractivity contribution in [1.82, 2.24) is 9.88 Å². The molecule has 1 fully saturated rings. The lowest BCUT2D eigenvalue weighted by molar-refractivity contribution is -0.123. The number of nitrogens with zero attached hydrogens (tertiary/aromatic N) is 2. The monoisotopic (exact) mass is 387 g/mol. The first-order chi connectivity index (χ1) is 13.9. The molecule has 0 unspecified atom stereocenters. The molecule has 148 valence electrons. The van der Waals surface area contributed by atoms with E-state index in [2.05, 4.69) is 32.0 Å². The first-order valence-electron chi connectivity index (χ1n) is 10.00. The minimum absolute atomic E-state index is 0.0162. The van der Waals surface area contributed by atoms with E-state index in [0.29, 0.717) is 31.5 Å². The summed E-state index contributed by atoms with van der Waals surface area (Å²) in [7, 11) is 0. The Morgan fingerprint density at radius 2 is 1.76 bits per heavy atom. The van der Waals surface area contributed by atoms with Crippen LogP contribution in [0.4, 0.5) is 0 Å². The summed E-state index contributed by atoms with van der Waals surface area (Å²) < 4.78 is 0. The number of carbonyl (C=O) groups is 2. The molecule has 2 amide bonds. The van der Waals surface area contributed by atoms with Crippen LogP contribution < -0.4 is 5.73 Å². The first kappa shape index (κ1) is 19.1. The SMILES string of the molecule is Cc1ccc(-c2cc(C(=O)N3CCC(C(N)=O)CC3)c3ccccc3n2)c(C)c1. The van der Waals surface area contributed by atoms with Crippen LogP contribution in [-0.2, 0) is 4.79 Å². The lowest BCUT2D eigenvalue weighted by Gasteiger charge is -2.31. The van der Waals surface area contributed by atoms with E-state index in [1.54, 1.807) is 0 Å². The zero-order valence-electron chi connectivity index (χ0n) is 16.8. The van der Waals surface area contributed by atoms with Gasteiger partial charge in [-0.1, -0.05) is 42.0 Å². The second-order valence-electron chi connectivity index (χ2n) is 7.86. The minimum atomic E-state index is -0.274. The summed E-state index contributed by atoms with van der Waals surface area (Å²) in [5, 5.41) is 0.850. The zero-order valence-corrected chi connectivity index (χ0v) is 16.8. The van der Waals surface area contributed by atoms with Crippen molar-refractivity contribution >= 4 is 22.7 Å². The van der Waals surface area contributed by atoms with Crippen molar-refractivity contribution in [2.45, 2.75) is 26.7 Å². The highest BCUT2D eigenvalue weighted by molar-refractivity contribution is 6.07. The third kappa shape index (κ3) is 3.73. The van der Waals surface area contributed by atoms with Gasteiger partial charge < -0.3 is 10.6 Å². The highest BCUT2D eigenvalue weighted by Crippen LogP contribution is 2.29. The summed E-state index contributed by atoms with van der Waals surface area (Å²) in [4.78, 5) is 31.5. The van der Waals surface area contributed by atoms with E-state index in [1.807, 2.05) is 35.2 Å². The smallest absolute Gasteiger partial charge is 0.254 e. The van der Waals surface area contributed by atoms with E-state index in [1.165, 1.54) is 5.56 Å². The fourth-order valence-corrected chi connectivity index (χ4v) is 4.13. The molecule has 2 heterocycles. The number of fused-ring (bicyclic) bond motifs is 1. The quantitative estimate of drug-likeness (QED) is 0.741. The number of rotatable bonds is 3. The number of pyridine rings is 1. The van der Waals surface area contributed by atoms with Crippen LogP contribution >= 0.6 is 0 Å². The highest BCUT2D eigenvalue weighted by atomic mass is 16.2. The van der Waals surface area contributed by atoms with Crippen molar-refractivity contribution in [2.75, 3.05) is 13.1 Å². The molecular weight excluding hydrogens is 362 g/mol. The fraction of sp³-hybridized carbons (Fsp3) is 0.292. The second kappa shape index (κ2) is 7.66.